The molecule has 0 spiro atoms. The van der Waals surface area contributed by atoms with Gasteiger partial charge in [0.15, 0.2) is 0 Å². The lowest BCUT2D eigenvalue weighted by molar-refractivity contribution is 0.176. The zero-order valence-electron chi connectivity index (χ0n) is 12.9. The largest absolute Gasteiger partial charge is 0.384 e. The molecule has 0 bridgehead atoms. The second-order valence-corrected chi connectivity index (χ2v) is 6.28. The Morgan fingerprint density at radius 2 is 2.19 bits per heavy atom. The summed E-state index contributed by atoms with van der Waals surface area (Å²) >= 11 is 6.36. The highest BCUT2D eigenvalue weighted by Gasteiger charge is 2.22. The Labute approximate surface area is 132 Å². The molecule has 1 heterocycles. The maximum Gasteiger partial charge on any atom is 0.122 e. The van der Waals surface area contributed by atoms with Gasteiger partial charge in [-0.1, -0.05) is 30.7 Å². The maximum atomic E-state index is 7.47. The van der Waals surface area contributed by atoms with E-state index < -0.39 is 0 Å². The topological polar surface area (TPSA) is 56.4 Å². The second-order valence-electron chi connectivity index (χ2n) is 5.87. The van der Waals surface area contributed by atoms with Crippen LogP contribution in [0.1, 0.15) is 30.9 Å². The van der Waals surface area contributed by atoms with Crippen molar-refractivity contribution in [1.29, 1.82) is 5.41 Å². The van der Waals surface area contributed by atoms with E-state index in [-0.39, 0.29) is 5.84 Å². The highest BCUT2D eigenvalue weighted by atomic mass is 35.5. The van der Waals surface area contributed by atoms with E-state index in [2.05, 4.69) is 23.8 Å². The smallest absolute Gasteiger partial charge is 0.122 e. The summed E-state index contributed by atoms with van der Waals surface area (Å²) < 4.78 is 0. The SMILES string of the molecule is CCC1CN(C)CCCN1Cc1ccc(C(=N)N)cc1Cl. The average Bonchev–Trinajstić information content (AvgIpc) is 2.62. The van der Waals surface area contributed by atoms with Gasteiger partial charge in [-0.2, -0.15) is 0 Å². The standard InChI is InChI=1S/C16H25ClN4/c1-3-14-11-20(2)7-4-8-21(14)10-13-6-5-12(16(18)19)9-15(13)17/h5-6,9,14H,3-4,7-8,10-11H2,1-2H3,(H3,18,19). The molecule has 21 heavy (non-hydrogen) atoms. The van der Waals surface area contributed by atoms with Gasteiger partial charge in [-0.05, 0) is 38.1 Å². The van der Waals surface area contributed by atoms with Crippen LogP contribution in [0.5, 0.6) is 0 Å². The van der Waals surface area contributed by atoms with Crippen LogP contribution in [0.2, 0.25) is 5.02 Å². The molecule has 1 fully saturated rings. The van der Waals surface area contributed by atoms with E-state index in [0.717, 1.165) is 38.2 Å². The van der Waals surface area contributed by atoms with Gasteiger partial charge in [-0.15, -0.1) is 0 Å². The minimum Gasteiger partial charge on any atom is -0.384 e. The van der Waals surface area contributed by atoms with Gasteiger partial charge in [-0.3, -0.25) is 10.3 Å². The summed E-state index contributed by atoms with van der Waals surface area (Å²) in [5.74, 6) is 0.0614. The Kier molecular flexibility index (Phi) is 5.62. The summed E-state index contributed by atoms with van der Waals surface area (Å²) in [7, 11) is 2.20. The van der Waals surface area contributed by atoms with Crippen LogP contribution in [0.25, 0.3) is 0 Å². The van der Waals surface area contributed by atoms with Gasteiger partial charge in [0.1, 0.15) is 5.84 Å². The zero-order chi connectivity index (χ0) is 15.4. The fourth-order valence-corrected chi connectivity index (χ4v) is 3.19. The van der Waals surface area contributed by atoms with Crippen molar-refractivity contribution in [3.05, 3.63) is 34.3 Å². The van der Waals surface area contributed by atoms with E-state index >= 15 is 0 Å². The van der Waals surface area contributed by atoms with Crippen molar-refractivity contribution >= 4 is 17.4 Å². The fourth-order valence-electron chi connectivity index (χ4n) is 2.95. The summed E-state index contributed by atoms with van der Waals surface area (Å²) in [6.45, 7) is 6.48. The molecule has 116 valence electrons. The van der Waals surface area contributed by atoms with E-state index in [9.17, 15) is 0 Å². The fraction of sp³-hybridized carbons (Fsp3) is 0.562. The molecule has 1 atom stereocenters. The Hall–Kier alpha value is -1.10. The zero-order valence-corrected chi connectivity index (χ0v) is 13.7. The van der Waals surface area contributed by atoms with Crippen molar-refractivity contribution in [2.75, 3.05) is 26.7 Å². The Morgan fingerprint density at radius 1 is 1.43 bits per heavy atom. The number of nitrogens with two attached hydrogens (primary N) is 1. The molecule has 1 saturated heterocycles. The van der Waals surface area contributed by atoms with Crippen molar-refractivity contribution in [2.45, 2.75) is 32.4 Å². The van der Waals surface area contributed by atoms with E-state index in [4.69, 9.17) is 22.7 Å². The maximum absolute atomic E-state index is 7.47. The number of rotatable bonds is 4. The average molecular weight is 309 g/mol. The first-order valence-corrected chi connectivity index (χ1v) is 7.94. The van der Waals surface area contributed by atoms with E-state index in [0.29, 0.717) is 16.6 Å². The van der Waals surface area contributed by atoms with Crippen LogP contribution in [-0.2, 0) is 6.54 Å². The van der Waals surface area contributed by atoms with Crippen LogP contribution in [0.3, 0.4) is 0 Å². The van der Waals surface area contributed by atoms with Crippen molar-refractivity contribution in [2.24, 2.45) is 5.73 Å². The monoisotopic (exact) mass is 308 g/mol. The van der Waals surface area contributed by atoms with Crippen molar-refractivity contribution < 1.29 is 0 Å². The van der Waals surface area contributed by atoms with Crippen LogP contribution in [0.15, 0.2) is 18.2 Å². The highest BCUT2D eigenvalue weighted by molar-refractivity contribution is 6.31. The molecule has 2 rings (SSSR count). The molecule has 0 amide bonds. The number of nitrogen functional groups attached to an aromatic ring is 1. The number of likely N-dealkylation sites (N-methyl/N-ethyl adjacent to an activating group) is 1. The van der Waals surface area contributed by atoms with Gasteiger partial charge in [-0.25, -0.2) is 0 Å². The molecule has 1 aliphatic heterocycles. The molecule has 0 aliphatic carbocycles. The number of nitrogens with zero attached hydrogens (tertiary/aromatic N) is 2. The predicted molar refractivity (Wildman–Crippen MR) is 89.1 cm³/mol. The summed E-state index contributed by atoms with van der Waals surface area (Å²) in [5, 5.41) is 8.18. The molecule has 3 N–H and O–H groups in total. The first-order valence-electron chi connectivity index (χ1n) is 7.56. The molecule has 5 heteroatoms. The number of benzene rings is 1. The van der Waals surface area contributed by atoms with Crippen LogP contribution in [-0.4, -0.2) is 48.4 Å². The number of halogens is 1. The van der Waals surface area contributed by atoms with Gasteiger partial charge in [0.05, 0.1) is 0 Å². The third kappa shape index (κ3) is 4.19. The van der Waals surface area contributed by atoms with Gasteiger partial charge < -0.3 is 10.6 Å². The van der Waals surface area contributed by atoms with E-state index in [1.807, 2.05) is 12.1 Å². The van der Waals surface area contributed by atoms with E-state index in [1.165, 1.54) is 6.42 Å². The minimum absolute atomic E-state index is 0.0614. The first-order chi connectivity index (χ1) is 10.0. The van der Waals surface area contributed by atoms with E-state index in [1.54, 1.807) is 6.07 Å². The van der Waals surface area contributed by atoms with Gasteiger partial charge in [0.25, 0.3) is 0 Å². The molecular formula is C16H25ClN4. The van der Waals surface area contributed by atoms with Crippen LogP contribution in [0.4, 0.5) is 0 Å². The van der Waals surface area contributed by atoms with Gasteiger partial charge >= 0.3 is 0 Å². The summed E-state index contributed by atoms with van der Waals surface area (Å²) in [5.41, 5.74) is 7.31. The quantitative estimate of drug-likeness (QED) is 0.664. The lowest BCUT2D eigenvalue weighted by Gasteiger charge is -2.30. The molecule has 4 nitrogen and oxygen atoms in total. The summed E-state index contributed by atoms with van der Waals surface area (Å²) in [6.07, 6.45) is 2.34. The predicted octanol–water partition coefficient (Wildman–Crippen LogP) is 2.54. The van der Waals surface area contributed by atoms with Crippen LogP contribution >= 0.6 is 11.6 Å². The minimum atomic E-state index is 0.0614. The third-order valence-corrected chi connectivity index (χ3v) is 4.58. The number of amidine groups is 1. The van der Waals surface area contributed by atoms with Crippen molar-refractivity contribution in [1.82, 2.24) is 9.80 Å². The first kappa shape index (κ1) is 16.3. The normalized spacial score (nSPS) is 21.2. The molecule has 1 aliphatic rings. The lowest BCUT2D eigenvalue weighted by atomic mass is 10.1. The Morgan fingerprint density at radius 3 is 2.81 bits per heavy atom. The second kappa shape index (κ2) is 7.25. The molecule has 0 radical (unpaired) electrons. The molecule has 1 aromatic carbocycles. The van der Waals surface area contributed by atoms with Crippen LogP contribution < -0.4 is 5.73 Å². The summed E-state index contributed by atoms with van der Waals surface area (Å²) in [4.78, 5) is 4.94. The molecule has 1 unspecified atom stereocenters. The Bertz CT molecular complexity index is 503. The summed E-state index contributed by atoms with van der Waals surface area (Å²) in [6, 6.07) is 6.25. The number of hydrogen-bond acceptors (Lipinski definition) is 3. The number of hydrogen-bond donors (Lipinski definition) is 2. The Balaban J connectivity index is 2.14. The van der Waals surface area contributed by atoms with Gasteiger partial charge in [0, 0.05) is 36.3 Å². The third-order valence-electron chi connectivity index (χ3n) is 4.23. The lowest BCUT2D eigenvalue weighted by Crippen LogP contribution is -2.39. The van der Waals surface area contributed by atoms with Crippen molar-refractivity contribution in [3.63, 3.8) is 0 Å². The molecule has 0 saturated carbocycles. The van der Waals surface area contributed by atoms with Gasteiger partial charge in [0.2, 0.25) is 0 Å². The highest BCUT2D eigenvalue weighted by Crippen LogP contribution is 2.22. The molecular weight excluding hydrogens is 284 g/mol. The molecule has 0 aromatic heterocycles. The number of nitrogens with one attached hydrogen (secondary N) is 1. The molecule has 1 aromatic rings. The van der Waals surface area contributed by atoms with Crippen LogP contribution in [0, 0.1) is 5.41 Å². The van der Waals surface area contributed by atoms with Crippen molar-refractivity contribution in [3.8, 4) is 0 Å².